The van der Waals surface area contributed by atoms with E-state index in [2.05, 4.69) is 182 Å². The Bertz CT molecular complexity index is 3770. The normalized spacial score (nSPS) is 12.4. The van der Waals surface area contributed by atoms with E-state index in [-0.39, 0.29) is 7.43 Å². The van der Waals surface area contributed by atoms with Gasteiger partial charge in [-0.3, -0.25) is 0 Å². The molecule has 0 amide bonds. The fourth-order valence-electron chi connectivity index (χ4n) is 11.2. The third kappa shape index (κ3) is 3.74. The average Bonchev–Trinajstić information content (AvgIpc) is 3.26. The summed E-state index contributed by atoms with van der Waals surface area (Å²) in [7, 11) is 0. The van der Waals surface area contributed by atoms with Crippen LogP contribution in [0.5, 0.6) is 0 Å². The maximum Gasteiger partial charge on any atom is -0.000741 e. The molecule has 0 nitrogen and oxygen atoms in total. The van der Waals surface area contributed by atoms with Gasteiger partial charge in [-0.15, -0.1) is 0 Å². The van der Waals surface area contributed by atoms with Gasteiger partial charge in [0, 0.05) is 0 Å². The SMILES string of the molecule is C.c1ccc2c(c1)cc1cccc3c4cccc5c(-c6c7ccccc7c7c8c6cccc8c6cccc8cc9ccccc9c7c86)c6ccccc6c(c54)c2c13. The first-order valence-corrected chi connectivity index (χ1v) is 19.7. The first-order chi connectivity index (χ1) is 27.8. The minimum absolute atomic E-state index is 0. The molecule has 0 saturated heterocycles. The molecule has 14 aromatic carbocycles. The van der Waals surface area contributed by atoms with E-state index in [4.69, 9.17) is 0 Å². The highest BCUT2D eigenvalue weighted by atomic mass is 14.3. The van der Waals surface area contributed by atoms with Gasteiger partial charge in [-0.05, 0) is 153 Å². The maximum atomic E-state index is 2.40. The standard InChI is InChI=1S/C56H30.CH4/c1-3-17-35-31(13-1)29-33-15-9-23-37-41-25-11-27-45-49(39-19-5-7-21-43(39)55(51(41)45)53(35)47(33)37)50-40-20-6-8-22-44(40)56-52-42(26-12-28-46(50)52)38-24-10-16-34-30-32-14-2-4-18-36(32)54(56)48(34)38;/h1-30H;1H4. The fraction of sp³-hybridized carbons (Fsp3) is 0.0175. The molecule has 14 aromatic rings. The van der Waals surface area contributed by atoms with E-state index in [0.717, 1.165) is 0 Å². The van der Waals surface area contributed by atoms with Crippen molar-refractivity contribution in [1.82, 2.24) is 0 Å². The Labute approximate surface area is 328 Å². The number of hydrogen-bond donors (Lipinski definition) is 0. The molecule has 0 aromatic heterocycles. The molecule has 57 heavy (non-hydrogen) atoms. The van der Waals surface area contributed by atoms with Crippen LogP contribution < -0.4 is 0 Å². The summed E-state index contributed by atoms with van der Waals surface area (Å²) in [5.41, 5.74) is 2.64. The van der Waals surface area contributed by atoms with E-state index in [0.29, 0.717) is 0 Å². The third-order valence-electron chi connectivity index (χ3n) is 13.2. The highest BCUT2D eigenvalue weighted by molar-refractivity contribution is 6.48. The zero-order valence-corrected chi connectivity index (χ0v) is 30.3. The van der Waals surface area contributed by atoms with Crippen molar-refractivity contribution in [3.63, 3.8) is 0 Å². The molecule has 0 fully saturated rings. The van der Waals surface area contributed by atoms with Crippen molar-refractivity contribution in [3.8, 4) is 11.1 Å². The Morgan fingerprint density at radius 3 is 0.877 bits per heavy atom. The van der Waals surface area contributed by atoms with E-state index < -0.39 is 0 Å². The molecule has 0 atom stereocenters. The molecule has 262 valence electrons. The van der Waals surface area contributed by atoms with Gasteiger partial charge in [-0.2, -0.15) is 0 Å². The van der Waals surface area contributed by atoms with Crippen molar-refractivity contribution in [2.45, 2.75) is 7.43 Å². The van der Waals surface area contributed by atoms with Crippen LogP contribution in [-0.4, -0.2) is 0 Å². The quantitative estimate of drug-likeness (QED) is 0.117. The van der Waals surface area contributed by atoms with E-state index in [1.807, 2.05) is 0 Å². The Morgan fingerprint density at radius 2 is 0.439 bits per heavy atom. The molecule has 14 rings (SSSR count). The van der Waals surface area contributed by atoms with Crippen LogP contribution in [0, 0.1) is 0 Å². The summed E-state index contributed by atoms with van der Waals surface area (Å²) >= 11 is 0. The van der Waals surface area contributed by atoms with Gasteiger partial charge in [0.1, 0.15) is 0 Å². The minimum Gasteiger partial charge on any atom is -0.0776 e. The fourth-order valence-corrected chi connectivity index (χ4v) is 11.2. The van der Waals surface area contributed by atoms with E-state index in [1.165, 1.54) is 140 Å². The summed E-state index contributed by atoms with van der Waals surface area (Å²) in [6.45, 7) is 0. The number of hydrogen-bond acceptors (Lipinski definition) is 0. The van der Waals surface area contributed by atoms with E-state index in [9.17, 15) is 0 Å². The van der Waals surface area contributed by atoms with Crippen molar-refractivity contribution in [2.24, 2.45) is 0 Å². The Hall–Kier alpha value is -7.28. The lowest BCUT2D eigenvalue weighted by Crippen LogP contribution is -1.96. The molecule has 0 saturated carbocycles. The predicted molar refractivity (Wildman–Crippen MR) is 251 cm³/mol. The molecule has 0 radical (unpaired) electrons. The van der Waals surface area contributed by atoms with E-state index in [1.54, 1.807) is 0 Å². The summed E-state index contributed by atoms with van der Waals surface area (Å²) in [5.74, 6) is 0. The zero-order chi connectivity index (χ0) is 36.2. The largest absolute Gasteiger partial charge is 0.0776 e. The number of benzene rings is 14. The monoisotopic (exact) mass is 718 g/mol. The Balaban J connectivity index is 0.00000340. The van der Waals surface area contributed by atoms with Crippen LogP contribution >= 0.6 is 0 Å². The third-order valence-corrected chi connectivity index (χ3v) is 13.2. The summed E-state index contributed by atoms with van der Waals surface area (Å²) in [6, 6.07) is 69.0. The summed E-state index contributed by atoms with van der Waals surface area (Å²) in [5, 5.41) is 31.7. The second-order valence-electron chi connectivity index (χ2n) is 15.8. The lowest BCUT2D eigenvalue weighted by Gasteiger charge is -2.24. The number of rotatable bonds is 1. The van der Waals surface area contributed by atoms with Crippen molar-refractivity contribution in [2.75, 3.05) is 0 Å². The minimum atomic E-state index is 0. The number of fused-ring (bicyclic) bond motifs is 12. The van der Waals surface area contributed by atoms with Gasteiger partial charge in [0.25, 0.3) is 0 Å². The van der Waals surface area contributed by atoms with Gasteiger partial charge in [0.05, 0.1) is 0 Å². The topological polar surface area (TPSA) is 0 Å². The molecule has 0 aliphatic carbocycles. The van der Waals surface area contributed by atoms with Crippen molar-refractivity contribution >= 4 is 129 Å². The second kappa shape index (κ2) is 10.9. The summed E-state index contributed by atoms with van der Waals surface area (Å²) in [4.78, 5) is 0. The van der Waals surface area contributed by atoms with Crippen LogP contribution in [0.2, 0.25) is 0 Å². The molecule has 0 heteroatoms. The van der Waals surface area contributed by atoms with E-state index >= 15 is 0 Å². The first-order valence-electron chi connectivity index (χ1n) is 19.7. The molecule has 0 aliphatic rings. The van der Waals surface area contributed by atoms with Crippen LogP contribution in [0.15, 0.2) is 182 Å². The van der Waals surface area contributed by atoms with Gasteiger partial charge in [0.15, 0.2) is 0 Å². The summed E-state index contributed by atoms with van der Waals surface area (Å²) < 4.78 is 0. The van der Waals surface area contributed by atoms with Crippen molar-refractivity contribution in [3.05, 3.63) is 182 Å². The van der Waals surface area contributed by atoms with Gasteiger partial charge in [0.2, 0.25) is 0 Å². The van der Waals surface area contributed by atoms with Crippen LogP contribution in [0.3, 0.4) is 0 Å². The van der Waals surface area contributed by atoms with Crippen LogP contribution in [-0.2, 0) is 0 Å². The van der Waals surface area contributed by atoms with Gasteiger partial charge >= 0.3 is 0 Å². The van der Waals surface area contributed by atoms with Gasteiger partial charge in [-0.1, -0.05) is 177 Å². The van der Waals surface area contributed by atoms with Gasteiger partial charge < -0.3 is 0 Å². The first kappa shape index (κ1) is 31.0. The highest BCUT2D eigenvalue weighted by Gasteiger charge is 2.26. The molecule has 0 unspecified atom stereocenters. The Kier molecular flexibility index (Phi) is 5.94. The van der Waals surface area contributed by atoms with Crippen LogP contribution in [0.4, 0.5) is 0 Å². The highest BCUT2D eigenvalue weighted by Crippen LogP contribution is 2.54. The predicted octanol–water partition coefficient (Wildman–Crippen LogP) is 16.7. The zero-order valence-electron chi connectivity index (χ0n) is 30.3. The molecule has 0 N–H and O–H groups in total. The lowest BCUT2D eigenvalue weighted by molar-refractivity contribution is 1.75. The second-order valence-corrected chi connectivity index (χ2v) is 15.8. The molecule has 0 spiro atoms. The van der Waals surface area contributed by atoms with Crippen molar-refractivity contribution in [1.29, 1.82) is 0 Å². The summed E-state index contributed by atoms with van der Waals surface area (Å²) in [6.07, 6.45) is 0. The van der Waals surface area contributed by atoms with Crippen LogP contribution in [0.1, 0.15) is 7.43 Å². The van der Waals surface area contributed by atoms with Crippen molar-refractivity contribution < 1.29 is 0 Å². The Morgan fingerprint density at radius 1 is 0.175 bits per heavy atom. The molecule has 0 bridgehead atoms. The average molecular weight is 719 g/mol. The molecular formula is C57H34. The lowest BCUT2D eigenvalue weighted by atomic mass is 9.78. The molecular weight excluding hydrogens is 685 g/mol. The smallest absolute Gasteiger partial charge is 0.000741 e. The molecule has 0 heterocycles. The maximum absolute atomic E-state index is 2.40. The van der Waals surface area contributed by atoms with Crippen LogP contribution in [0.25, 0.3) is 140 Å². The van der Waals surface area contributed by atoms with Gasteiger partial charge in [-0.25, -0.2) is 0 Å². The molecule has 0 aliphatic heterocycles.